The van der Waals surface area contributed by atoms with Gasteiger partial charge in [0.2, 0.25) is 0 Å². The molecule has 0 saturated carbocycles. The van der Waals surface area contributed by atoms with E-state index in [1.54, 1.807) is 0 Å². The largest absolute Gasteiger partial charge is 0.316 e. The number of nitrogens with one attached hydrogen (secondary N) is 1. The molecule has 4 heteroatoms. The summed E-state index contributed by atoms with van der Waals surface area (Å²) in [6, 6.07) is 6.48. The normalized spacial score (nSPS) is 20.8. The second-order valence-electron chi connectivity index (χ2n) is 4.35. The number of aromatic nitrogens is 2. The van der Waals surface area contributed by atoms with Crippen LogP contribution in [-0.2, 0) is 7.05 Å². The number of rotatable bonds is 1. The fraction of sp³-hybridized carbons (Fsp3) is 0.417. The Morgan fingerprint density at radius 2 is 2.38 bits per heavy atom. The predicted octanol–water partition coefficient (Wildman–Crippen LogP) is 2.41. The average Bonchev–Trinajstić information content (AvgIpc) is 2.88. The molecule has 84 valence electrons. The molecule has 1 aromatic carbocycles. The molecule has 3 nitrogen and oxygen atoms in total. The highest BCUT2D eigenvalue weighted by molar-refractivity contribution is 9.10. The third kappa shape index (κ3) is 1.48. The lowest BCUT2D eigenvalue weighted by molar-refractivity contribution is 0.770. The van der Waals surface area contributed by atoms with Crippen molar-refractivity contribution in [1.82, 2.24) is 15.1 Å². The number of benzene rings is 1. The van der Waals surface area contributed by atoms with Crippen molar-refractivity contribution in [3.8, 4) is 0 Å². The van der Waals surface area contributed by atoms with E-state index >= 15 is 0 Å². The van der Waals surface area contributed by atoms with Gasteiger partial charge >= 0.3 is 0 Å². The highest BCUT2D eigenvalue weighted by atomic mass is 79.9. The van der Waals surface area contributed by atoms with E-state index in [-0.39, 0.29) is 0 Å². The number of hydrogen-bond acceptors (Lipinski definition) is 2. The van der Waals surface area contributed by atoms with Gasteiger partial charge in [0, 0.05) is 19.0 Å². The van der Waals surface area contributed by atoms with E-state index in [9.17, 15) is 0 Å². The van der Waals surface area contributed by atoms with Crippen LogP contribution in [0, 0.1) is 0 Å². The second-order valence-corrected chi connectivity index (χ2v) is 5.10. The first-order chi connectivity index (χ1) is 7.77. The van der Waals surface area contributed by atoms with Crippen LogP contribution in [0.3, 0.4) is 0 Å². The van der Waals surface area contributed by atoms with Crippen molar-refractivity contribution in [1.29, 1.82) is 0 Å². The minimum absolute atomic E-state index is 0.629. The van der Waals surface area contributed by atoms with Gasteiger partial charge in [0.25, 0.3) is 0 Å². The molecular weight excluding hydrogens is 266 g/mol. The van der Waals surface area contributed by atoms with Crippen LogP contribution >= 0.6 is 15.9 Å². The molecule has 1 saturated heterocycles. The highest BCUT2D eigenvalue weighted by Crippen LogP contribution is 2.33. The van der Waals surface area contributed by atoms with E-state index < -0.39 is 0 Å². The molecule has 0 radical (unpaired) electrons. The van der Waals surface area contributed by atoms with Gasteiger partial charge in [-0.2, -0.15) is 5.10 Å². The van der Waals surface area contributed by atoms with Crippen LogP contribution in [0.4, 0.5) is 0 Å². The zero-order chi connectivity index (χ0) is 11.1. The second kappa shape index (κ2) is 3.86. The van der Waals surface area contributed by atoms with Crippen LogP contribution in [0.15, 0.2) is 22.8 Å². The van der Waals surface area contributed by atoms with Crippen molar-refractivity contribution in [3.63, 3.8) is 0 Å². The Balaban J connectivity index is 2.23. The van der Waals surface area contributed by atoms with E-state index in [1.165, 1.54) is 22.9 Å². The topological polar surface area (TPSA) is 29.9 Å². The van der Waals surface area contributed by atoms with Crippen LogP contribution in [0.2, 0.25) is 0 Å². The van der Waals surface area contributed by atoms with Crippen LogP contribution in [-0.4, -0.2) is 22.9 Å². The molecule has 2 aromatic rings. The van der Waals surface area contributed by atoms with E-state index in [1.807, 2.05) is 11.7 Å². The van der Waals surface area contributed by atoms with Crippen LogP contribution in [0.5, 0.6) is 0 Å². The van der Waals surface area contributed by atoms with E-state index in [0.717, 1.165) is 17.7 Å². The van der Waals surface area contributed by atoms with Crippen molar-refractivity contribution in [2.75, 3.05) is 13.1 Å². The van der Waals surface area contributed by atoms with Crippen molar-refractivity contribution < 1.29 is 0 Å². The van der Waals surface area contributed by atoms with Gasteiger partial charge in [-0.15, -0.1) is 0 Å². The van der Waals surface area contributed by atoms with Gasteiger partial charge in [-0.05, 0) is 46.4 Å². The standard InChI is InChI=1S/C12H14BrN3/c1-16-10-4-2-3-9(8-5-6-14-7-8)11(10)12(13)15-16/h2-4,8,14H,5-7H2,1H3. The average molecular weight is 280 g/mol. The quantitative estimate of drug-likeness (QED) is 0.869. The third-order valence-corrected chi connectivity index (χ3v) is 3.92. The van der Waals surface area contributed by atoms with Gasteiger partial charge in [-0.3, -0.25) is 4.68 Å². The minimum atomic E-state index is 0.629. The minimum Gasteiger partial charge on any atom is -0.316 e. The molecule has 1 aliphatic rings. The van der Waals surface area contributed by atoms with Gasteiger partial charge in [0.15, 0.2) is 0 Å². The number of hydrogen-bond donors (Lipinski definition) is 1. The SMILES string of the molecule is Cn1nc(Br)c2c(C3CCNC3)cccc21. The molecule has 0 aliphatic carbocycles. The number of aryl methyl sites for hydroxylation is 1. The fourth-order valence-corrected chi connectivity index (χ4v) is 3.22. The third-order valence-electron chi connectivity index (χ3n) is 3.37. The molecule has 2 heterocycles. The molecule has 1 unspecified atom stereocenters. The summed E-state index contributed by atoms with van der Waals surface area (Å²) in [6.07, 6.45) is 1.22. The predicted molar refractivity (Wildman–Crippen MR) is 68.6 cm³/mol. The Bertz CT molecular complexity index is 526. The maximum Gasteiger partial charge on any atom is 0.136 e. The summed E-state index contributed by atoms with van der Waals surface area (Å²) in [7, 11) is 1.99. The molecule has 16 heavy (non-hydrogen) atoms. The van der Waals surface area contributed by atoms with E-state index in [2.05, 4.69) is 44.5 Å². The Hall–Kier alpha value is -0.870. The summed E-state index contributed by atoms with van der Waals surface area (Å²) < 4.78 is 2.90. The Kier molecular flexibility index (Phi) is 2.48. The zero-order valence-corrected chi connectivity index (χ0v) is 10.8. The molecule has 0 spiro atoms. The lowest BCUT2D eigenvalue weighted by Crippen LogP contribution is -2.08. The number of nitrogens with zero attached hydrogens (tertiary/aromatic N) is 2. The van der Waals surface area contributed by atoms with Gasteiger partial charge in [0.05, 0.1) is 5.52 Å². The Morgan fingerprint density at radius 1 is 1.50 bits per heavy atom. The molecule has 0 amide bonds. The van der Waals surface area contributed by atoms with Gasteiger partial charge in [-0.25, -0.2) is 0 Å². The van der Waals surface area contributed by atoms with Crippen LogP contribution < -0.4 is 5.32 Å². The lowest BCUT2D eigenvalue weighted by Gasteiger charge is -2.10. The van der Waals surface area contributed by atoms with Crippen molar-refractivity contribution in [2.24, 2.45) is 7.05 Å². The summed E-state index contributed by atoms with van der Waals surface area (Å²) in [5.41, 5.74) is 2.62. The first-order valence-corrected chi connectivity index (χ1v) is 6.38. The molecular formula is C12H14BrN3. The van der Waals surface area contributed by atoms with Crippen LogP contribution in [0.25, 0.3) is 10.9 Å². The molecule has 0 bridgehead atoms. The first-order valence-electron chi connectivity index (χ1n) is 5.59. The number of halogens is 1. The Morgan fingerprint density at radius 3 is 3.12 bits per heavy atom. The lowest BCUT2D eigenvalue weighted by atomic mass is 9.95. The summed E-state index contributed by atoms with van der Waals surface area (Å²) in [5, 5.41) is 9.13. The smallest absolute Gasteiger partial charge is 0.136 e. The van der Waals surface area contributed by atoms with Crippen molar-refractivity contribution >= 4 is 26.8 Å². The Labute approximate surface area is 103 Å². The van der Waals surface area contributed by atoms with Gasteiger partial charge in [-0.1, -0.05) is 12.1 Å². The maximum atomic E-state index is 4.44. The van der Waals surface area contributed by atoms with Gasteiger partial charge in [0.1, 0.15) is 4.60 Å². The van der Waals surface area contributed by atoms with Gasteiger partial charge < -0.3 is 5.32 Å². The summed E-state index contributed by atoms with van der Waals surface area (Å²) >= 11 is 3.56. The van der Waals surface area contributed by atoms with Crippen LogP contribution in [0.1, 0.15) is 17.9 Å². The molecule has 1 aromatic heterocycles. The molecule has 1 N–H and O–H groups in total. The summed E-state index contributed by atoms with van der Waals surface area (Å²) in [6.45, 7) is 2.21. The molecule has 1 fully saturated rings. The fourth-order valence-electron chi connectivity index (χ4n) is 2.55. The molecule has 3 rings (SSSR count). The van der Waals surface area contributed by atoms with E-state index in [4.69, 9.17) is 0 Å². The highest BCUT2D eigenvalue weighted by Gasteiger charge is 2.21. The maximum absolute atomic E-state index is 4.44. The van der Waals surface area contributed by atoms with Crippen molar-refractivity contribution in [2.45, 2.75) is 12.3 Å². The number of fused-ring (bicyclic) bond motifs is 1. The summed E-state index contributed by atoms with van der Waals surface area (Å²) in [4.78, 5) is 0. The molecule has 1 aliphatic heterocycles. The summed E-state index contributed by atoms with van der Waals surface area (Å²) in [5.74, 6) is 0.629. The monoisotopic (exact) mass is 279 g/mol. The van der Waals surface area contributed by atoms with E-state index in [0.29, 0.717) is 5.92 Å². The van der Waals surface area contributed by atoms with Crippen molar-refractivity contribution in [3.05, 3.63) is 28.4 Å². The zero-order valence-electron chi connectivity index (χ0n) is 9.20. The molecule has 1 atom stereocenters. The first kappa shape index (κ1) is 10.3.